The summed E-state index contributed by atoms with van der Waals surface area (Å²) in [6.07, 6.45) is 1.23. The van der Waals surface area contributed by atoms with Gasteiger partial charge in [0.15, 0.2) is 0 Å². The van der Waals surface area contributed by atoms with Gasteiger partial charge in [-0.1, -0.05) is 0 Å². The molecule has 3 heteroatoms. The van der Waals surface area contributed by atoms with Crippen molar-refractivity contribution in [1.29, 1.82) is 0 Å². The van der Waals surface area contributed by atoms with Crippen molar-refractivity contribution in [1.82, 2.24) is 5.32 Å². The average Bonchev–Trinajstić information content (AvgIpc) is 2.03. The van der Waals surface area contributed by atoms with Crippen LogP contribution < -0.4 is 5.32 Å². The van der Waals surface area contributed by atoms with Gasteiger partial charge in [-0.15, -0.1) is 0 Å². The highest BCUT2D eigenvalue weighted by atomic mass is 16.5. The second kappa shape index (κ2) is 6.35. The first-order valence-corrected chi connectivity index (χ1v) is 4.83. The Bertz CT molecular complexity index is 126. The summed E-state index contributed by atoms with van der Waals surface area (Å²) >= 11 is 0. The second-order valence-corrected chi connectivity index (χ2v) is 3.97. The summed E-state index contributed by atoms with van der Waals surface area (Å²) in [6, 6.07) is 0. The predicted molar refractivity (Wildman–Crippen MR) is 55.0 cm³/mol. The molecule has 0 saturated heterocycles. The lowest BCUT2D eigenvalue weighted by molar-refractivity contribution is -0.0315. The molecule has 0 rings (SSSR count). The quantitative estimate of drug-likeness (QED) is 0.657. The van der Waals surface area contributed by atoms with E-state index in [1.807, 2.05) is 7.05 Å². The van der Waals surface area contributed by atoms with E-state index in [2.05, 4.69) is 26.1 Å². The van der Waals surface area contributed by atoms with E-state index < -0.39 is 0 Å². The molecule has 0 heterocycles. The molecule has 0 fully saturated rings. The molecule has 1 unspecified atom stereocenters. The molecule has 80 valence electrons. The van der Waals surface area contributed by atoms with Crippen molar-refractivity contribution >= 4 is 0 Å². The van der Waals surface area contributed by atoms with Crippen LogP contribution in [-0.4, -0.2) is 39.0 Å². The molecule has 0 aromatic carbocycles. The predicted octanol–water partition coefficient (Wildman–Crippen LogP) is 1.43. The van der Waals surface area contributed by atoms with Gasteiger partial charge >= 0.3 is 0 Å². The maximum Gasteiger partial charge on any atom is 0.0750 e. The van der Waals surface area contributed by atoms with E-state index in [9.17, 15) is 0 Å². The molecule has 0 aromatic rings. The van der Waals surface area contributed by atoms with E-state index in [1.165, 1.54) is 0 Å². The third kappa shape index (κ3) is 6.99. The van der Waals surface area contributed by atoms with Crippen molar-refractivity contribution in [3.63, 3.8) is 0 Å². The van der Waals surface area contributed by atoms with Gasteiger partial charge in [0.05, 0.1) is 11.7 Å². The van der Waals surface area contributed by atoms with Crippen molar-refractivity contribution in [2.24, 2.45) is 0 Å². The molecule has 1 atom stereocenters. The standard InChI is InChI=1S/C10H23NO2/c1-9(12-5)6-7-13-10(2,3)8-11-4/h9,11H,6-8H2,1-5H3. The summed E-state index contributed by atoms with van der Waals surface area (Å²) in [5.41, 5.74) is -0.0811. The zero-order valence-corrected chi connectivity index (χ0v) is 9.52. The van der Waals surface area contributed by atoms with Crippen LogP contribution in [0, 0.1) is 0 Å². The Morgan fingerprint density at radius 2 is 2.00 bits per heavy atom. The van der Waals surface area contributed by atoms with Gasteiger partial charge in [0.25, 0.3) is 0 Å². The van der Waals surface area contributed by atoms with Crippen LogP contribution in [0.2, 0.25) is 0 Å². The molecular weight excluding hydrogens is 166 g/mol. The van der Waals surface area contributed by atoms with Crippen LogP contribution in [0.25, 0.3) is 0 Å². The molecule has 0 saturated carbocycles. The monoisotopic (exact) mass is 189 g/mol. The molecule has 0 aliphatic carbocycles. The lowest BCUT2D eigenvalue weighted by Crippen LogP contribution is -2.36. The lowest BCUT2D eigenvalue weighted by Gasteiger charge is -2.25. The molecule has 0 aliphatic heterocycles. The number of rotatable bonds is 7. The molecule has 0 bridgehead atoms. The van der Waals surface area contributed by atoms with Crippen LogP contribution in [-0.2, 0) is 9.47 Å². The number of nitrogens with one attached hydrogen (secondary N) is 1. The smallest absolute Gasteiger partial charge is 0.0750 e. The Balaban J connectivity index is 3.50. The minimum absolute atomic E-state index is 0.0811. The minimum atomic E-state index is -0.0811. The normalized spacial score (nSPS) is 14.5. The fourth-order valence-electron chi connectivity index (χ4n) is 1.10. The molecule has 0 aromatic heterocycles. The lowest BCUT2D eigenvalue weighted by atomic mass is 10.1. The van der Waals surface area contributed by atoms with Crippen molar-refractivity contribution < 1.29 is 9.47 Å². The van der Waals surface area contributed by atoms with Crippen molar-refractivity contribution in [3.8, 4) is 0 Å². The number of hydrogen-bond acceptors (Lipinski definition) is 3. The SMILES string of the molecule is CNCC(C)(C)OCCC(C)OC. The van der Waals surface area contributed by atoms with Gasteiger partial charge in [-0.2, -0.15) is 0 Å². The van der Waals surface area contributed by atoms with Crippen LogP contribution in [0.3, 0.4) is 0 Å². The first-order chi connectivity index (χ1) is 6.02. The van der Waals surface area contributed by atoms with E-state index in [0.717, 1.165) is 19.6 Å². The highest BCUT2D eigenvalue weighted by Gasteiger charge is 2.16. The Kier molecular flexibility index (Phi) is 6.29. The van der Waals surface area contributed by atoms with Crippen LogP contribution in [0.4, 0.5) is 0 Å². The molecular formula is C10H23NO2. The van der Waals surface area contributed by atoms with Crippen LogP contribution >= 0.6 is 0 Å². The maximum absolute atomic E-state index is 5.70. The van der Waals surface area contributed by atoms with Crippen molar-refractivity contribution in [2.75, 3.05) is 27.3 Å². The van der Waals surface area contributed by atoms with E-state index in [1.54, 1.807) is 7.11 Å². The first-order valence-electron chi connectivity index (χ1n) is 4.83. The molecule has 13 heavy (non-hydrogen) atoms. The van der Waals surface area contributed by atoms with Gasteiger partial charge < -0.3 is 14.8 Å². The van der Waals surface area contributed by atoms with Gasteiger partial charge in [-0.3, -0.25) is 0 Å². The third-order valence-electron chi connectivity index (χ3n) is 2.02. The molecule has 0 aliphatic rings. The Hall–Kier alpha value is -0.120. The highest BCUT2D eigenvalue weighted by molar-refractivity contribution is 4.70. The largest absolute Gasteiger partial charge is 0.382 e. The summed E-state index contributed by atoms with van der Waals surface area (Å²) in [5, 5.41) is 3.10. The molecule has 0 spiro atoms. The number of hydrogen-bond donors (Lipinski definition) is 1. The van der Waals surface area contributed by atoms with Crippen LogP contribution in [0.1, 0.15) is 27.2 Å². The zero-order chi connectivity index (χ0) is 10.3. The van der Waals surface area contributed by atoms with Gasteiger partial charge in [-0.05, 0) is 34.2 Å². The van der Waals surface area contributed by atoms with E-state index >= 15 is 0 Å². The molecule has 1 N–H and O–H groups in total. The van der Waals surface area contributed by atoms with Gasteiger partial charge in [0, 0.05) is 20.3 Å². The molecule has 3 nitrogen and oxygen atoms in total. The van der Waals surface area contributed by atoms with Gasteiger partial charge in [0.2, 0.25) is 0 Å². The van der Waals surface area contributed by atoms with Crippen molar-refractivity contribution in [2.45, 2.75) is 38.9 Å². The summed E-state index contributed by atoms with van der Waals surface area (Å²) in [6.45, 7) is 7.84. The van der Waals surface area contributed by atoms with E-state index in [0.29, 0.717) is 0 Å². The number of ether oxygens (including phenoxy) is 2. The summed E-state index contributed by atoms with van der Waals surface area (Å²) < 4.78 is 10.8. The Morgan fingerprint density at radius 3 is 2.46 bits per heavy atom. The summed E-state index contributed by atoms with van der Waals surface area (Å²) in [7, 11) is 3.66. The Labute approximate surface area is 81.8 Å². The van der Waals surface area contributed by atoms with Crippen LogP contribution in [0.5, 0.6) is 0 Å². The van der Waals surface area contributed by atoms with Crippen molar-refractivity contribution in [3.05, 3.63) is 0 Å². The fraction of sp³-hybridized carbons (Fsp3) is 1.00. The minimum Gasteiger partial charge on any atom is -0.382 e. The summed E-state index contributed by atoms with van der Waals surface area (Å²) in [5.74, 6) is 0. The fourth-order valence-corrected chi connectivity index (χ4v) is 1.10. The topological polar surface area (TPSA) is 30.5 Å². The van der Waals surface area contributed by atoms with Gasteiger partial charge in [0.1, 0.15) is 0 Å². The average molecular weight is 189 g/mol. The van der Waals surface area contributed by atoms with E-state index in [-0.39, 0.29) is 11.7 Å². The van der Waals surface area contributed by atoms with E-state index in [4.69, 9.17) is 9.47 Å². The van der Waals surface area contributed by atoms with Gasteiger partial charge in [-0.25, -0.2) is 0 Å². The second-order valence-electron chi connectivity index (χ2n) is 3.97. The van der Waals surface area contributed by atoms with Crippen LogP contribution in [0.15, 0.2) is 0 Å². The Morgan fingerprint density at radius 1 is 1.38 bits per heavy atom. The maximum atomic E-state index is 5.70. The number of methoxy groups -OCH3 is 1. The third-order valence-corrected chi connectivity index (χ3v) is 2.02. The first kappa shape index (κ1) is 12.9. The zero-order valence-electron chi connectivity index (χ0n) is 9.52. The highest BCUT2D eigenvalue weighted by Crippen LogP contribution is 2.08. The molecule has 0 amide bonds. The summed E-state index contributed by atoms with van der Waals surface area (Å²) in [4.78, 5) is 0. The number of likely N-dealkylation sites (N-methyl/N-ethyl adjacent to an activating group) is 1. The molecule has 0 radical (unpaired) electrons.